The van der Waals surface area contributed by atoms with Crippen LogP contribution >= 0.6 is 27.5 Å². The fraction of sp³-hybridized carbons (Fsp3) is 0. The summed E-state index contributed by atoms with van der Waals surface area (Å²) in [7, 11) is -3.60. The van der Waals surface area contributed by atoms with Gasteiger partial charge in [-0.3, -0.25) is 4.72 Å². The third-order valence-electron chi connectivity index (χ3n) is 2.10. The number of nitrogens with one attached hydrogen (secondary N) is 1. The summed E-state index contributed by atoms with van der Waals surface area (Å²) in [5.74, 6) is 0. The van der Waals surface area contributed by atoms with Gasteiger partial charge in [-0.1, -0.05) is 29.8 Å². The van der Waals surface area contributed by atoms with E-state index in [1.54, 1.807) is 24.3 Å². The average molecular weight is 348 g/mol. The van der Waals surface area contributed by atoms with Crippen LogP contribution in [0.5, 0.6) is 0 Å². The molecule has 2 rings (SSSR count). The third kappa shape index (κ3) is 3.01. The lowest BCUT2D eigenvalue weighted by Gasteiger charge is -2.08. The summed E-state index contributed by atoms with van der Waals surface area (Å²) >= 11 is 8.91. The lowest BCUT2D eigenvalue weighted by atomic mass is 10.4. The van der Waals surface area contributed by atoms with Gasteiger partial charge in [0.25, 0.3) is 10.0 Å². The van der Waals surface area contributed by atoms with Crippen LogP contribution in [0.15, 0.2) is 52.0 Å². The lowest BCUT2D eigenvalue weighted by molar-refractivity contribution is 0.601. The summed E-state index contributed by atoms with van der Waals surface area (Å²) < 4.78 is 27.0. The molecule has 0 radical (unpaired) electrons. The molecule has 1 heterocycles. The number of benzene rings is 1. The largest absolute Gasteiger partial charge is 0.278 e. The molecule has 0 aliphatic carbocycles. The van der Waals surface area contributed by atoms with E-state index >= 15 is 0 Å². The zero-order chi connectivity index (χ0) is 13.2. The van der Waals surface area contributed by atoms with Gasteiger partial charge in [0, 0.05) is 0 Å². The van der Waals surface area contributed by atoms with Crippen LogP contribution in [-0.2, 0) is 10.0 Å². The van der Waals surface area contributed by atoms with E-state index < -0.39 is 10.0 Å². The summed E-state index contributed by atoms with van der Waals surface area (Å²) in [4.78, 5) is 4.04. The topological polar surface area (TPSA) is 59.1 Å². The molecule has 0 saturated carbocycles. The second-order valence-corrected chi connectivity index (χ2v) is 6.31. The van der Waals surface area contributed by atoms with Crippen LogP contribution in [-0.4, -0.2) is 13.4 Å². The number of halogens is 2. The highest BCUT2D eigenvalue weighted by atomic mass is 79.9. The lowest BCUT2D eigenvalue weighted by Crippen LogP contribution is -2.12. The van der Waals surface area contributed by atoms with Crippen molar-refractivity contribution in [2.75, 3.05) is 4.72 Å². The fourth-order valence-corrected chi connectivity index (χ4v) is 2.80. The molecular formula is C11H8BrClN2O2S. The van der Waals surface area contributed by atoms with Crippen LogP contribution in [0.25, 0.3) is 0 Å². The highest BCUT2D eigenvalue weighted by Crippen LogP contribution is 2.24. The standard InChI is InChI=1S/C11H8BrClN2O2S/c12-10-6-8(7-14-11(10)13)15-18(16,17)9-4-2-1-3-5-9/h1-7,15H. The van der Waals surface area contributed by atoms with Gasteiger partial charge in [0.05, 0.1) is 21.3 Å². The molecule has 2 aromatic rings. The van der Waals surface area contributed by atoms with Crippen LogP contribution in [0.3, 0.4) is 0 Å². The van der Waals surface area contributed by atoms with E-state index in [2.05, 4.69) is 25.6 Å². The molecule has 0 amide bonds. The van der Waals surface area contributed by atoms with Gasteiger partial charge in [-0.25, -0.2) is 13.4 Å². The second-order valence-electron chi connectivity index (χ2n) is 3.42. The molecule has 4 nitrogen and oxygen atoms in total. The van der Waals surface area contributed by atoms with Crippen LogP contribution in [0, 0.1) is 0 Å². The van der Waals surface area contributed by atoms with E-state index in [1.807, 2.05) is 0 Å². The van der Waals surface area contributed by atoms with Gasteiger partial charge in [-0.2, -0.15) is 0 Å². The number of sulfonamides is 1. The molecule has 0 aliphatic rings. The fourth-order valence-electron chi connectivity index (χ4n) is 1.29. The van der Waals surface area contributed by atoms with Crippen LogP contribution in [0.2, 0.25) is 5.15 Å². The minimum Gasteiger partial charge on any atom is -0.278 e. The van der Waals surface area contributed by atoms with Gasteiger partial charge in [0.15, 0.2) is 0 Å². The second kappa shape index (κ2) is 5.26. The van der Waals surface area contributed by atoms with Crippen molar-refractivity contribution in [3.05, 3.63) is 52.2 Å². The highest BCUT2D eigenvalue weighted by Gasteiger charge is 2.14. The van der Waals surface area contributed by atoms with Gasteiger partial charge >= 0.3 is 0 Å². The maximum absolute atomic E-state index is 12.0. The molecule has 0 fully saturated rings. The molecule has 0 unspecified atom stereocenters. The van der Waals surface area contributed by atoms with Crippen molar-refractivity contribution in [2.45, 2.75) is 4.90 Å². The van der Waals surface area contributed by atoms with Crippen molar-refractivity contribution < 1.29 is 8.42 Å². The molecule has 0 spiro atoms. The Kier molecular flexibility index (Phi) is 3.89. The molecule has 0 saturated heterocycles. The Morgan fingerprint density at radius 1 is 1.22 bits per heavy atom. The van der Waals surface area contributed by atoms with Gasteiger partial charge in [0.1, 0.15) is 5.15 Å². The Labute approximate surface area is 118 Å². The van der Waals surface area contributed by atoms with Gasteiger partial charge in [0.2, 0.25) is 0 Å². The Hall–Kier alpha value is -1.11. The minimum atomic E-state index is -3.60. The van der Waals surface area contributed by atoms with Crippen molar-refractivity contribution in [3.63, 3.8) is 0 Å². The zero-order valence-corrected chi connectivity index (χ0v) is 12.1. The summed E-state index contributed by atoms with van der Waals surface area (Å²) in [5.41, 5.74) is 0.343. The zero-order valence-electron chi connectivity index (χ0n) is 8.97. The molecule has 1 aromatic heterocycles. The Bertz CT molecular complexity index is 662. The number of nitrogens with zero attached hydrogens (tertiary/aromatic N) is 1. The molecule has 0 bridgehead atoms. The summed E-state index contributed by atoms with van der Waals surface area (Å²) in [6.07, 6.45) is 1.35. The van der Waals surface area contributed by atoms with E-state index in [1.165, 1.54) is 18.3 Å². The number of pyridine rings is 1. The first-order chi connectivity index (χ1) is 8.49. The van der Waals surface area contributed by atoms with E-state index in [-0.39, 0.29) is 10.0 Å². The van der Waals surface area contributed by atoms with Crippen molar-refractivity contribution in [1.29, 1.82) is 0 Å². The first kappa shape index (κ1) is 13.3. The molecule has 0 atom stereocenters. The van der Waals surface area contributed by atoms with Gasteiger partial charge in [-0.15, -0.1) is 0 Å². The van der Waals surface area contributed by atoms with Gasteiger partial charge in [-0.05, 0) is 34.1 Å². The highest BCUT2D eigenvalue weighted by molar-refractivity contribution is 9.10. The third-order valence-corrected chi connectivity index (χ3v) is 4.63. The summed E-state index contributed by atoms with van der Waals surface area (Å²) in [6.45, 7) is 0. The van der Waals surface area contributed by atoms with Crippen LogP contribution in [0.1, 0.15) is 0 Å². The van der Waals surface area contributed by atoms with Crippen molar-refractivity contribution in [2.24, 2.45) is 0 Å². The molecule has 1 N–H and O–H groups in total. The van der Waals surface area contributed by atoms with E-state index in [9.17, 15) is 8.42 Å². The van der Waals surface area contributed by atoms with Crippen molar-refractivity contribution in [1.82, 2.24) is 4.98 Å². The molecule has 7 heteroatoms. The predicted molar refractivity (Wildman–Crippen MR) is 74.2 cm³/mol. The molecule has 94 valence electrons. The Morgan fingerprint density at radius 3 is 2.50 bits per heavy atom. The average Bonchev–Trinajstić information content (AvgIpc) is 2.35. The van der Waals surface area contributed by atoms with Crippen molar-refractivity contribution in [3.8, 4) is 0 Å². The molecule has 0 aliphatic heterocycles. The van der Waals surface area contributed by atoms with Gasteiger partial charge < -0.3 is 0 Å². The molecule has 18 heavy (non-hydrogen) atoms. The minimum absolute atomic E-state index is 0.191. The number of aromatic nitrogens is 1. The summed E-state index contributed by atoms with van der Waals surface area (Å²) in [6, 6.07) is 9.64. The number of anilines is 1. The van der Waals surface area contributed by atoms with Crippen LogP contribution in [0.4, 0.5) is 5.69 Å². The quantitative estimate of drug-likeness (QED) is 0.867. The normalized spacial score (nSPS) is 11.2. The number of hydrogen-bond acceptors (Lipinski definition) is 3. The monoisotopic (exact) mass is 346 g/mol. The maximum Gasteiger partial charge on any atom is 0.261 e. The molecule has 1 aromatic carbocycles. The summed E-state index contributed by atoms with van der Waals surface area (Å²) in [5, 5.41) is 0.276. The number of rotatable bonds is 3. The smallest absolute Gasteiger partial charge is 0.261 e. The maximum atomic E-state index is 12.0. The van der Waals surface area contributed by atoms with E-state index in [0.29, 0.717) is 10.2 Å². The SMILES string of the molecule is O=S(=O)(Nc1cnc(Cl)c(Br)c1)c1ccccc1. The molecular weight excluding hydrogens is 340 g/mol. The van der Waals surface area contributed by atoms with E-state index in [0.717, 1.165) is 0 Å². The number of hydrogen-bond donors (Lipinski definition) is 1. The first-order valence-electron chi connectivity index (χ1n) is 4.88. The Balaban J connectivity index is 2.31. The van der Waals surface area contributed by atoms with E-state index in [4.69, 9.17) is 11.6 Å². The Morgan fingerprint density at radius 2 is 1.89 bits per heavy atom. The first-order valence-corrected chi connectivity index (χ1v) is 7.53. The van der Waals surface area contributed by atoms with Crippen LogP contribution < -0.4 is 4.72 Å². The van der Waals surface area contributed by atoms with Crippen molar-refractivity contribution >= 4 is 43.2 Å². The predicted octanol–water partition coefficient (Wildman–Crippen LogP) is 3.30.